The van der Waals surface area contributed by atoms with Crippen molar-refractivity contribution in [2.24, 2.45) is 0 Å². The summed E-state index contributed by atoms with van der Waals surface area (Å²) in [6.45, 7) is 3.21. The van der Waals surface area contributed by atoms with E-state index >= 15 is 0 Å². The lowest BCUT2D eigenvalue weighted by molar-refractivity contribution is -0.140. The largest absolute Gasteiger partial charge is 0.497 e. The number of nitrogens with one attached hydrogen (secondary N) is 1. The number of likely N-dealkylation sites (N-methyl/N-ethyl adjacent to an activating group) is 1. The van der Waals surface area contributed by atoms with Crippen molar-refractivity contribution in [3.63, 3.8) is 0 Å². The first-order valence-electron chi connectivity index (χ1n) is 11.2. The lowest BCUT2D eigenvalue weighted by Crippen LogP contribution is -2.52. The molecule has 9 nitrogen and oxygen atoms in total. The van der Waals surface area contributed by atoms with E-state index in [1.165, 1.54) is 31.3 Å². The molecule has 198 valence electrons. The van der Waals surface area contributed by atoms with Crippen LogP contribution in [0.3, 0.4) is 0 Å². The average Bonchev–Trinajstić information content (AvgIpc) is 2.83. The van der Waals surface area contributed by atoms with Gasteiger partial charge in [0.05, 0.1) is 26.2 Å². The van der Waals surface area contributed by atoms with Gasteiger partial charge in [-0.25, -0.2) is 8.42 Å². The highest BCUT2D eigenvalue weighted by atomic mass is 35.5. The first-order chi connectivity index (χ1) is 17.0. The van der Waals surface area contributed by atoms with E-state index in [0.29, 0.717) is 27.9 Å². The first kappa shape index (κ1) is 29.5. The summed E-state index contributed by atoms with van der Waals surface area (Å²) in [6.07, 6.45) is 1.27. The minimum Gasteiger partial charge on any atom is -0.497 e. The number of carbonyl (C=O) groups is 2. The number of ether oxygens (including phenoxy) is 2. The van der Waals surface area contributed by atoms with Gasteiger partial charge in [0.1, 0.15) is 24.1 Å². The normalized spacial score (nSPS) is 12.0. The number of sulfonamides is 1. The van der Waals surface area contributed by atoms with E-state index in [-0.39, 0.29) is 30.3 Å². The molecule has 0 spiro atoms. The van der Waals surface area contributed by atoms with Crippen molar-refractivity contribution in [2.75, 3.05) is 37.9 Å². The molecule has 0 aliphatic carbocycles. The Labute approximate surface area is 222 Å². The van der Waals surface area contributed by atoms with Gasteiger partial charge in [0.15, 0.2) is 0 Å². The Morgan fingerprint density at radius 1 is 1.06 bits per heavy atom. The van der Waals surface area contributed by atoms with Crippen molar-refractivity contribution in [1.29, 1.82) is 0 Å². The molecule has 2 rings (SSSR count). The summed E-state index contributed by atoms with van der Waals surface area (Å²) in [4.78, 5) is 27.9. The molecule has 2 amide bonds. The van der Waals surface area contributed by atoms with Crippen LogP contribution in [0.4, 0.5) is 5.69 Å². The van der Waals surface area contributed by atoms with Gasteiger partial charge in [-0.2, -0.15) is 0 Å². The zero-order valence-corrected chi connectivity index (χ0v) is 23.2. The van der Waals surface area contributed by atoms with Crippen molar-refractivity contribution >= 4 is 50.7 Å². The topological polar surface area (TPSA) is 105 Å². The van der Waals surface area contributed by atoms with Gasteiger partial charge in [-0.3, -0.25) is 13.9 Å². The van der Waals surface area contributed by atoms with Crippen molar-refractivity contribution in [2.45, 2.75) is 32.9 Å². The van der Waals surface area contributed by atoms with Crippen molar-refractivity contribution in [3.05, 3.63) is 52.0 Å². The number of nitrogens with zero attached hydrogens (tertiary/aromatic N) is 2. The maximum atomic E-state index is 13.7. The van der Waals surface area contributed by atoms with Crippen LogP contribution < -0.4 is 19.1 Å². The van der Waals surface area contributed by atoms with Crippen molar-refractivity contribution in [1.82, 2.24) is 10.2 Å². The highest BCUT2D eigenvalue weighted by molar-refractivity contribution is 7.92. The molecule has 0 saturated carbocycles. The number of hydrogen-bond donors (Lipinski definition) is 1. The molecule has 12 heteroatoms. The predicted molar refractivity (Wildman–Crippen MR) is 142 cm³/mol. The summed E-state index contributed by atoms with van der Waals surface area (Å²) >= 11 is 12.7. The van der Waals surface area contributed by atoms with Crippen LogP contribution in [-0.4, -0.2) is 64.7 Å². The number of benzene rings is 2. The van der Waals surface area contributed by atoms with Crippen LogP contribution in [0.25, 0.3) is 0 Å². The molecule has 0 fully saturated rings. The van der Waals surface area contributed by atoms with Gasteiger partial charge in [-0.1, -0.05) is 36.2 Å². The number of amides is 2. The standard InChI is InChI=1S/C24H31Cl2N3O6S/c1-6-20(24(31)27-7-2)28(14-17-18(25)9-8-10-19(17)26)23(30)15-29(36(5,32)33)21-12-11-16(34-3)13-22(21)35-4/h8-13,20H,6-7,14-15H2,1-5H3,(H,27,31)/t20-/m0/s1. The molecule has 2 aromatic rings. The zero-order valence-electron chi connectivity index (χ0n) is 20.9. The Kier molecular flexibility index (Phi) is 10.7. The summed E-state index contributed by atoms with van der Waals surface area (Å²) in [5.41, 5.74) is 0.598. The number of carbonyl (C=O) groups excluding carboxylic acids is 2. The van der Waals surface area contributed by atoms with Gasteiger partial charge in [-0.15, -0.1) is 0 Å². The number of anilines is 1. The van der Waals surface area contributed by atoms with Crippen molar-refractivity contribution < 1.29 is 27.5 Å². The molecule has 0 aromatic heterocycles. The lowest BCUT2D eigenvalue weighted by atomic mass is 10.1. The molecular weight excluding hydrogens is 529 g/mol. The summed E-state index contributed by atoms with van der Waals surface area (Å²) in [5.74, 6) is -0.339. The van der Waals surface area contributed by atoms with Gasteiger partial charge in [0, 0.05) is 34.8 Å². The summed E-state index contributed by atoms with van der Waals surface area (Å²) in [6, 6.07) is 8.61. The number of methoxy groups -OCH3 is 2. The minimum absolute atomic E-state index is 0.0929. The fraction of sp³-hybridized carbons (Fsp3) is 0.417. The van der Waals surface area contributed by atoms with Gasteiger partial charge < -0.3 is 19.7 Å². The second kappa shape index (κ2) is 13.0. The van der Waals surface area contributed by atoms with Crippen LogP contribution in [0.2, 0.25) is 10.0 Å². The molecule has 0 unspecified atom stereocenters. The fourth-order valence-electron chi connectivity index (χ4n) is 3.65. The van der Waals surface area contributed by atoms with Crippen LogP contribution in [0.15, 0.2) is 36.4 Å². The molecule has 0 radical (unpaired) electrons. The highest BCUT2D eigenvalue weighted by Gasteiger charge is 2.33. The number of hydrogen-bond acceptors (Lipinski definition) is 6. The van der Waals surface area contributed by atoms with E-state index in [1.807, 2.05) is 0 Å². The molecule has 0 aliphatic heterocycles. The molecule has 0 heterocycles. The highest BCUT2D eigenvalue weighted by Crippen LogP contribution is 2.34. The average molecular weight is 561 g/mol. The SMILES string of the molecule is CCNC(=O)[C@H](CC)N(Cc1c(Cl)cccc1Cl)C(=O)CN(c1ccc(OC)cc1OC)S(C)(=O)=O. The van der Waals surface area contributed by atoms with Gasteiger partial charge in [0.25, 0.3) is 0 Å². The molecule has 0 saturated heterocycles. The monoisotopic (exact) mass is 559 g/mol. The maximum Gasteiger partial charge on any atom is 0.244 e. The second-order valence-electron chi connectivity index (χ2n) is 7.85. The molecule has 2 aromatic carbocycles. The van der Waals surface area contributed by atoms with Crippen molar-refractivity contribution in [3.8, 4) is 11.5 Å². The Bertz CT molecular complexity index is 1170. The third-order valence-electron chi connectivity index (χ3n) is 5.46. The predicted octanol–water partition coefficient (Wildman–Crippen LogP) is 3.72. The zero-order chi connectivity index (χ0) is 27.0. The van der Waals surface area contributed by atoms with Crippen LogP contribution in [0, 0.1) is 0 Å². The lowest BCUT2D eigenvalue weighted by Gasteiger charge is -2.33. The van der Waals surface area contributed by atoms with Gasteiger partial charge in [0.2, 0.25) is 21.8 Å². The number of halogens is 2. The molecule has 1 atom stereocenters. The summed E-state index contributed by atoms with van der Waals surface area (Å²) in [7, 11) is -1.09. The smallest absolute Gasteiger partial charge is 0.244 e. The Balaban J connectivity index is 2.56. The second-order valence-corrected chi connectivity index (χ2v) is 10.6. The maximum absolute atomic E-state index is 13.7. The third kappa shape index (κ3) is 7.18. The fourth-order valence-corrected chi connectivity index (χ4v) is 5.02. The third-order valence-corrected chi connectivity index (χ3v) is 7.30. The van der Waals surface area contributed by atoms with Crippen LogP contribution in [-0.2, 0) is 26.2 Å². The van der Waals surface area contributed by atoms with Crippen LogP contribution >= 0.6 is 23.2 Å². The van der Waals surface area contributed by atoms with E-state index in [2.05, 4.69) is 5.32 Å². The summed E-state index contributed by atoms with van der Waals surface area (Å²) in [5, 5.41) is 3.37. The Morgan fingerprint density at radius 3 is 2.19 bits per heavy atom. The van der Waals surface area contributed by atoms with E-state index in [1.54, 1.807) is 38.1 Å². The Hall–Kier alpha value is -2.69. The molecule has 0 bridgehead atoms. The van der Waals surface area contributed by atoms with Crippen LogP contribution in [0.5, 0.6) is 11.5 Å². The molecule has 1 N–H and O–H groups in total. The first-order valence-corrected chi connectivity index (χ1v) is 13.8. The van der Waals surface area contributed by atoms with Gasteiger partial charge in [-0.05, 0) is 37.6 Å². The van der Waals surface area contributed by atoms with E-state index in [9.17, 15) is 18.0 Å². The number of rotatable bonds is 12. The van der Waals surface area contributed by atoms with E-state index in [4.69, 9.17) is 32.7 Å². The summed E-state index contributed by atoms with van der Waals surface area (Å²) < 4.78 is 37.1. The van der Waals surface area contributed by atoms with E-state index < -0.39 is 28.5 Å². The van der Waals surface area contributed by atoms with Crippen LogP contribution in [0.1, 0.15) is 25.8 Å². The molecule has 36 heavy (non-hydrogen) atoms. The van der Waals surface area contributed by atoms with E-state index in [0.717, 1.165) is 10.6 Å². The Morgan fingerprint density at radius 2 is 1.69 bits per heavy atom. The molecule has 0 aliphatic rings. The van der Waals surface area contributed by atoms with Gasteiger partial charge >= 0.3 is 0 Å². The minimum atomic E-state index is -3.94. The molecular formula is C24H31Cl2N3O6S. The quantitative estimate of drug-likeness (QED) is 0.425.